The number of hydrogen-bond donors (Lipinski definition) is 2. The number of halogens is 6. The molecule has 0 spiro atoms. The maximum atomic E-state index is 13.7. The summed E-state index contributed by atoms with van der Waals surface area (Å²) in [7, 11) is 1.42. The predicted octanol–water partition coefficient (Wildman–Crippen LogP) is 7.52. The monoisotopic (exact) mass is 651 g/mol. The first-order valence-corrected chi connectivity index (χ1v) is 15.7. The first-order valence-electron chi connectivity index (χ1n) is 15.7. The Balaban J connectivity index is 0.00000235. The van der Waals surface area contributed by atoms with E-state index in [0.717, 1.165) is 78.2 Å². The lowest BCUT2D eigenvalue weighted by molar-refractivity contribution is -0.143. The molecule has 1 heterocycles. The van der Waals surface area contributed by atoms with Gasteiger partial charge in [0.05, 0.1) is 16.6 Å². The van der Waals surface area contributed by atoms with Crippen molar-refractivity contribution in [3.8, 4) is 0 Å². The highest BCUT2D eigenvalue weighted by Gasteiger charge is 2.37. The van der Waals surface area contributed by atoms with E-state index in [2.05, 4.69) is 16.9 Å². The van der Waals surface area contributed by atoms with Crippen LogP contribution in [0.1, 0.15) is 74.3 Å². The van der Waals surface area contributed by atoms with Gasteiger partial charge in [-0.25, -0.2) is 15.9 Å². The zero-order chi connectivity index (χ0) is 33.8. The highest BCUT2D eigenvalue weighted by atomic mass is 19.4. The molecule has 2 saturated carbocycles. The summed E-state index contributed by atoms with van der Waals surface area (Å²) in [6.45, 7) is 7.36. The molecule has 5 rings (SSSR count). The second-order valence-electron chi connectivity index (χ2n) is 11.9. The number of rotatable bonds is 11. The third-order valence-electron chi connectivity index (χ3n) is 7.98. The van der Waals surface area contributed by atoms with Crippen molar-refractivity contribution in [2.24, 2.45) is 28.5 Å². The summed E-state index contributed by atoms with van der Waals surface area (Å²) >= 11 is 0. The average molecular weight is 652 g/mol. The van der Waals surface area contributed by atoms with Gasteiger partial charge < -0.3 is 15.5 Å². The number of aryl methyl sites for hydroxylation is 1. The van der Waals surface area contributed by atoms with Crippen LogP contribution in [0, 0.1) is 11.8 Å². The van der Waals surface area contributed by atoms with E-state index in [9.17, 15) is 26.3 Å². The van der Waals surface area contributed by atoms with Gasteiger partial charge in [-0.3, -0.25) is 0 Å². The molecule has 7 nitrogen and oxygen atoms in total. The van der Waals surface area contributed by atoms with Crippen LogP contribution in [0.5, 0.6) is 0 Å². The number of aromatic nitrogens is 1. The Labute approximate surface area is 266 Å². The van der Waals surface area contributed by atoms with Crippen LogP contribution in [0.3, 0.4) is 0 Å². The van der Waals surface area contributed by atoms with E-state index < -0.39 is 23.5 Å². The fraction of sp³-hybridized carbons (Fsp3) is 0.515. The van der Waals surface area contributed by atoms with Crippen molar-refractivity contribution in [3.63, 3.8) is 0 Å². The van der Waals surface area contributed by atoms with E-state index in [-0.39, 0.29) is 30.7 Å². The molecule has 4 N–H and O–H groups in total. The van der Waals surface area contributed by atoms with Gasteiger partial charge in [0, 0.05) is 44.2 Å². The third kappa shape index (κ3) is 9.17. The van der Waals surface area contributed by atoms with Gasteiger partial charge in [-0.15, -0.1) is 5.10 Å². The summed E-state index contributed by atoms with van der Waals surface area (Å²) in [6.07, 6.45) is -4.63. The van der Waals surface area contributed by atoms with Gasteiger partial charge in [0.1, 0.15) is 5.82 Å². The normalized spacial score (nSPS) is 15.4. The van der Waals surface area contributed by atoms with Crippen molar-refractivity contribution in [1.29, 1.82) is 0 Å². The number of hydrogen-bond acceptors (Lipinski definition) is 5. The number of nitrogens with zero attached hydrogens (tertiary/aromatic N) is 5. The van der Waals surface area contributed by atoms with Gasteiger partial charge in [0.25, 0.3) is 0 Å². The summed E-state index contributed by atoms with van der Waals surface area (Å²) in [6, 6.07) is 9.44. The number of para-hydroxylation sites is 1. The van der Waals surface area contributed by atoms with Gasteiger partial charge in [0.15, 0.2) is 0 Å². The third-order valence-corrected chi connectivity index (χ3v) is 7.98. The maximum Gasteiger partial charge on any atom is 0.416 e. The number of alkyl halides is 6. The number of pyridine rings is 1. The lowest BCUT2D eigenvalue weighted by atomic mass is 10.0. The van der Waals surface area contributed by atoms with Gasteiger partial charge in [-0.05, 0) is 79.3 Å². The zero-order valence-electron chi connectivity index (χ0n) is 26.7. The molecule has 252 valence electrons. The number of nitrogens with two attached hydrogens (primary N) is 2. The van der Waals surface area contributed by atoms with E-state index in [4.69, 9.17) is 16.6 Å². The summed E-state index contributed by atoms with van der Waals surface area (Å²) in [5, 5.41) is 5.87. The van der Waals surface area contributed by atoms with E-state index in [1.165, 1.54) is 11.9 Å². The van der Waals surface area contributed by atoms with Crippen LogP contribution in [0.4, 0.5) is 32.2 Å². The molecule has 1 aromatic heterocycles. The lowest BCUT2D eigenvalue weighted by Gasteiger charge is -2.30. The molecule has 0 radical (unpaired) electrons. The van der Waals surface area contributed by atoms with Gasteiger partial charge in [0.2, 0.25) is 5.96 Å². The van der Waals surface area contributed by atoms with Crippen LogP contribution >= 0.6 is 0 Å². The topological polar surface area (TPSA) is 87.0 Å². The Kier molecular flexibility index (Phi) is 11.0. The van der Waals surface area contributed by atoms with E-state index in [1.807, 2.05) is 38.1 Å². The van der Waals surface area contributed by atoms with Crippen molar-refractivity contribution < 1.29 is 26.3 Å². The number of hydrazone groups is 1. The maximum absolute atomic E-state index is 13.7. The van der Waals surface area contributed by atoms with E-state index in [0.29, 0.717) is 24.0 Å². The highest BCUT2D eigenvalue weighted by molar-refractivity contribution is 5.85. The molecule has 3 aromatic rings. The molecule has 0 unspecified atom stereocenters. The van der Waals surface area contributed by atoms with Crippen molar-refractivity contribution in [2.75, 3.05) is 25.0 Å². The van der Waals surface area contributed by atoms with Crippen LogP contribution in [0.15, 0.2) is 47.6 Å². The Morgan fingerprint density at radius 3 is 1.91 bits per heavy atom. The Bertz CT molecular complexity index is 1460. The molecule has 46 heavy (non-hydrogen) atoms. The van der Waals surface area contributed by atoms with E-state index >= 15 is 0 Å². The Hall–Kier alpha value is -3.74. The van der Waals surface area contributed by atoms with Gasteiger partial charge >= 0.3 is 12.4 Å². The minimum Gasteiger partial charge on any atom is -0.368 e. The van der Waals surface area contributed by atoms with Crippen LogP contribution in [-0.4, -0.2) is 41.1 Å². The summed E-state index contributed by atoms with van der Waals surface area (Å²) in [5.74, 6) is 7.41. The molecule has 0 bridgehead atoms. The minimum absolute atomic E-state index is 0.0290. The number of anilines is 1. The lowest BCUT2D eigenvalue weighted by Crippen LogP contribution is -2.40. The van der Waals surface area contributed by atoms with E-state index in [1.54, 1.807) is 0 Å². The average Bonchev–Trinajstić information content (AvgIpc) is 3.93. The van der Waals surface area contributed by atoms with Gasteiger partial charge in [-0.1, -0.05) is 39.0 Å². The fourth-order valence-electron chi connectivity index (χ4n) is 5.42. The molecule has 0 atom stereocenters. The molecule has 2 aliphatic rings. The fourth-order valence-corrected chi connectivity index (χ4v) is 5.42. The second kappa shape index (κ2) is 14.4. The number of guanidine groups is 1. The molecular formula is C33H43F6N7. The van der Waals surface area contributed by atoms with Crippen LogP contribution < -0.4 is 16.5 Å². The molecule has 0 saturated heterocycles. The van der Waals surface area contributed by atoms with Crippen molar-refractivity contribution in [2.45, 2.75) is 78.3 Å². The first-order chi connectivity index (χ1) is 21.7. The summed E-state index contributed by atoms with van der Waals surface area (Å²) in [4.78, 5) is 8.89. The summed E-state index contributed by atoms with van der Waals surface area (Å²) < 4.78 is 81.9. The summed E-state index contributed by atoms with van der Waals surface area (Å²) in [5.41, 5.74) is 5.99. The first kappa shape index (κ1) is 35.1. The smallest absolute Gasteiger partial charge is 0.368 e. The molecule has 2 aromatic carbocycles. The van der Waals surface area contributed by atoms with Gasteiger partial charge in [-0.2, -0.15) is 26.3 Å². The van der Waals surface area contributed by atoms with Crippen LogP contribution in [0.2, 0.25) is 0 Å². The largest absolute Gasteiger partial charge is 0.416 e. The van der Waals surface area contributed by atoms with Crippen molar-refractivity contribution in [1.82, 2.24) is 15.0 Å². The van der Waals surface area contributed by atoms with Crippen LogP contribution in [-0.2, 0) is 31.9 Å². The van der Waals surface area contributed by atoms with Crippen LogP contribution in [0.25, 0.3) is 10.9 Å². The van der Waals surface area contributed by atoms with Crippen molar-refractivity contribution in [3.05, 3.63) is 70.3 Å². The molecule has 13 heteroatoms. The molecule has 2 fully saturated rings. The standard InChI is InChI=1S/C31H37F6N7.C2H6/c1-3-22-5-4-6-23-13-24(28(40-27(22)23)43(15-19-7-8-19)16-20-9-10-20)18-44(29(38)41-42(2)39)17-21-11-25(30(32,33)34)14-26(12-21)31(35,36)37;1-2/h4-6,11-14,19-20H,3,7-10,15-18,39H2,1-2H3,(H2,38,41);1-2H3. The molecule has 2 aliphatic carbocycles. The highest BCUT2D eigenvalue weighted by Crippen LogP contribution is 2.39. The quantitative estimate of drug-likeness (QED) is 0.0733. The minimum atomic E-state index is -4.98. The molecular weight excluding hydrogens is 608 g/mol. The Morgan fingerprint density at radius 1 is 0.870 bits per heavy atom. The number of benzene rings is 2. The number of hydrazine groups is 1. The number of fused-ring (bicyclic) bond motifs is 1. The van der Waals surface area contributed by atoms with Crippen molar-refractivity contribution >= 4 is 22.7 Å². The SMILES string of the molecule is CC.CCc1cccc2cc(CN(Cc3cc(C(F)(F)F)cc(C(F)(F)F)c3)/C(N)=N/N(C)N)c(N(CC3CC3)CC3CC3)nc12. The zero-order valence-corrected chi connectivity index (χ0v) is 26.7. The predicted molar refractivity (Wildman–Crippen MR) is 169 cm³/mol. The second-order valence-corrected chi connectivity index (χ2v) is 11.9. The molecule has 0 aliphatic heterocycles. The Morgan fingerprint density at radius 2 is 1.43 bits per heavy atom. The molecule has 0 amide bonds.